The average Bonchev–Trinajstić information content (AvgIpc) is 2.41. The summed E-state index contributed by atoms with van der Waals surface area (Å²) < 4.78 is 5.70. The number of hydrogen-bond donors (Lipinski definition) is 0. The first kappa shape index (κ1) is 7.66. The molecule has 2 atom stereocenters. The SMILES string of the molecule is CC1=CC2C(C)=CC=C(C)C2O1. The zero-order valence-corrected chi connectivity index (χ0v) is 7.79. The van der Waals surface area contributed by atoms with E-state index in [9.17, 15) is 0 Å². The van der Waals surface area contributed by atoms with Crippen LogP contribution in [0.1, 0.15) is 20.8 Å². The van der Waals surface area contributed by atoms with Gasteiger partial charge in [0.1, 0.15) is 6.10 Å². The van der Waals surface area contributed by atoms with Crippen molar-refractivity contribution in [1.82, 2.24) is 0 Å². The topological polar surface area (TPSA) is 9.23 Å². The maximum atomic E-state index is 5.70. The molecule has 0 aromatic heterocycles. The maximum absolute atomic E-state index is 5.70. The molecule has 0 spiro atoms. The third-order valence-corrected chi connectivity index (χ3v) is 2.64. The van der Waals surface area contributed by atoms with Crippen LogP contribution in [-0.4, -0.2) is 6.10 Å². The molecule has 12 heavy (non-hydrogen) atoms. The predicted octanol–water partition coefficient (Wildman–Crippen LogP) is 2.81. The second kappa shape index (κ2) is 2.51. The summed E-state index contributed by atoms with van der Waals surface area (Å²) in [6, 6.07) is 0. The highest BCUT2D eigenvalue weighted by molar-refractivity contribution is 5.34. The van der Waals surface area contributed by atoms with E-state index in [-0.39, 0.29) is 6.10 Å². The molecule has 0 N–H and O–H groups in total. The molecule has 0 aromatic rings. The number of fused-ring (bicyclic) bond motifs is 1. The molecule has 1 aliphatic heterocycles. The Labute approximate surface area is 73.4 Å². The Hall–Kier alpha value is -0.980. The van der Waals surface area contributed by atoms with E-state index in [1.165, 1.54) is 11.1 Å². The van der Waals surface area contributed by atoms with Gasteiger partial charge < -0.3 is 4.74 Å². The van der Waals surface area contributed by atoms with E-state index >= 15 is 0 Å². The molecular formula is C11H14O. The summed E-state index contributed by atoms with van der Waals surface area (Å²) in [7, 11) is 0. The first-order valence-corrected chi connectivity index (χ1v) is 4.38. The van der Waals surface area contributed by atoms with Crippen molar-refractivity contribution in [3.63, 3.8) is 0 Å². The van der Waals surface area contributed by atoms with Crippen LogP contribution in [0, 0.1) is 5.92 Å². The zero-order valence-electron chi connectivity index (χ0n) is 7.79. The molecule has 0 radical (unpaired) electrons. The molecule has 0 amide bonds. The quantitative estimate of drug-likeness (QED) is 0.532. The fourth-order valence-corrected chi connectivity index (χ4v) is 1.87. The lowest BCUT2D eigenvalue weighted by Crippen LogP contribution is -2.21. The highest BCUT2D eigenvalue weighted by atomic mass is 16.5. The van der Waals surface area contributed by atoms with E-state index in [1.807, 2.05) is 6.92 Å². The molecule has 0 saturated carbocycles. The molecule has 64 valence electrons. The van der Waals surface area contributed by atoms with E-state index in [1.54, 1.807) is 0 Å². The highest BCUT2D eigenvalue weighted by Crippen LogP contribution is 2.35. The van der Waals surface area contributed by atoms with Crippen molar-refractivity contribution in [3.8, 4) is 0 Å². The molecule has 0 fully saturated rings. The summed E-state index contributed by atoms with van der Waals surface area (Å²) >= 11 is 0. The number of hydrogen-bond acceptors (Lipinski definition) is 1. The minimum atomic E-state index is 0.287. The van der Waals surface area contributed by atoms with Crippen LogP contribution in [0.2, 0.25) is 0 Å². The Balaban J connectivity index is 2.35. The Kier molecular flexibility index (Phi) is 1.60. The van der Waals surface area contributed by atoms with Crippen LogP contribution in [0.15, 0.2) is 35.1 Å². The van der Waals surface area contributed by atoms with Gasteiger partial charge in [0.05, 0.1) is 5.76 Å². The minimum Gasteiger partial charge on any atom is -0.490 e. The van der Waals surface area contributed by atoms with E-state index in [4.69, 9.17) is 4.74 Å². The fraction of sp³-hybridized carbons (Fsp3) is 0.455. The van der Waals surface area contributed by atoms with Crippen LogP contribution in [0.25, 0.3) is 0 Å². The van der Waals surface area contributed by atoms with Gasteiger partial charge in [0, 0.05) is 5.92 Å². The number of ether oxygens (including phenoxy) is 1. The van der Waals surface area contributed by atoms with Crippen LogP contribution in [0.3, 0.4) is 0 Å². The van der Waals surface area contributed by atoms with Crippen molar-refractivity contribution in [1.29, 1.82) is 0 Å². The van der Waals surface area contributed by atoms with Crippen LogP contribution >= 0.6 is 0 Å². The molecule has 2 unspecified atom stereocenters. The van der Waals surface area contributed by atoms with Crippen molar-refractivity contribution in [2.45, 2.75) is 26.9 Å². The van der Waals surface area contributed by atoms with Gasteiger partial charge in [-0.25, -0.2) is 0 Å². The van der Waals surface area contributed by atoms with Gasteiger partial charge in [-0.3, -0.25) is 0 Å². The molecular weight excluding hydrogens is 148 g/mol. The lowest BCUT2D eigenvalue weighted by atomic mass is 9.87. The van der Waals surface area contributed by atoms with Crippen LogP contribution < -0.4 is 0 Å². The number of rotatable bonds is 0. The summed E-state index contributed by atoms with van der Waals surface area (Å²) in [4.78, 5) is 0. The van der Waals surface area contributed by atoms with Gasteiger partial charge in [-0.05, 0) is 32.4 Å². The minimum absolute atomic E-state index is 0.287. The van der Waals surface area contributed by atoms with Gasteiger partial charge in [-0.1, -0.05) is 17.7 Å². The first-order chi connectivity index (χ1) is 5.68. The summed E-state index contributed by atoms with van der Waals surface area (Å²) in [5, 5.41) is 0. The van der Waals surface area contributed by atoms with E-state index < -0.39 is 0 Å². The van der Waals surface area contributed by atoms with Crippen molar-refractivity contribution in [2.75, 3.05) is 0 Å². The molecule has 2 rings (SSSR count). The van der Waals surface area contributed by atoms with Gasteiger partial charge in [0.25, 0.3) is 0 Å². The summed E-state index contributed by atoms with van der Waals surface area (Å²) in [5.41, 5.74) is 2.74. The Morgan fingerprint density at radius 2 is 1.75 bits per heavy atom. The molecule has 1 aliphatic carbocycles. The summed E-state index contributed by atoms with van der Waals surface area (Å²) in [5.74, 6) is 1.56. The standard InChI is InChI=1S/C11H14O/c1-7-4-5-8(2)11-10(7)6-9(3)12-11/h4-6,10-11H,1-3H3. The van der Waals surface area contributed by atoms with Crippen molar-refractivity contribution >= 4 is 0 Å². The average molecular weight is 162 g/mol. The fourth-order valence-electron chi connectivity index (χ4n) is 1.87. The molecule has 2 aliphatic rings. The molecule has 0 bridgehead atoms. The van der Waals surface area contributed by atoms with Gasteiger partial charge in [0.2, 0.25) is 0 Å². The van der Waals surface area contributed by atoms with Crippen molar-refractivity contribution < 1.29 is 4.74 Å². The highest BCUT2D eigenvalue weighted by Gasteiger charge is 2.31. The van der Waals surface area contributed by atoms with Gasteiger partial charge in [-0.2, -0.15) is 0 Å². The van der Waals surface area contributed by atoms with Crippen molar-refractivity contribution in [3.05, 3.63) is 35.1 Å². The molecule has 0 saturated heterocycles. The smallest absolute Gasteiger partial charge is 0.129 e. The molecule has 0 aromatic carbocycles. The normalized spacial score (nSPS) is 33.1. The lowest BCUT2D eigenvalue weighted by molar-refractivity contribution is 0.152. The predicted molar refractivity (Wildman–Crippen MR) is 49.6 cm³/mol. The van der Waals surface area contributed by atoms with Gasteiger partial charge in [-0.15, -0.1) is 0 Å². The van der Waals surface area contributed by atoms with Crippen LogP contribution in [-0.2, 0) is 4.74 Å². The van der Waals surface area contributed by atoms with Crippen LogP contribution in [0.4, 0.5) is 0 Å². The third kappa shape index (κ3) is 1.01. The Bertz CT molecular complexity index is 294. The van der Waals surface area contributed by atoms with E-state index in [2.05, 4.69) is 32.1 Å². The molecule has 1 heterocycles. The van der Waals surface area contributed by atoms with Gasteiger partial charge >= 0.3 is 0 Å². The van der Waals surface area contributed by atoms with Gasteiger partial charge in [0.15, 0.2) is 0 Å². The van der Waals surface area contributed by atoms with Crippen LogP contribution in [0.5, 0.6) is 0 Å². The second-order valence-electron chi connectivity index (χ2n) is 3.66. The number of allylic oxidation sites excluding steroid dienone is 3. The summed E-state index contributed by atoms with van der Waals surface area (Å²) in [6.45, 7) is 6.32. The third-order valence-electron chi connectivity index (χ3n) is 2.64. The molecule has 1 heteroatoms. The lowest BCUT2D eigenvalue weighted by Gasteiger charge is -2.23. The molecule has 1 nitrogen and oxygen atoms in total. The maximum Gasteiger partial charge on any atom is 0.129 e. The van der Waals surface area contributed by atoms with E-state index in [0.29, 0.717) is 5.92 Å². The largest absolute Gasteiger partial charge is 0.490 e. The van der Waals surface area contributed by atoms with E-state index in [0.717, 1.165) is 5.76 Å². The zero-order chi connectivity index (χ0) is 8.72. The monoisotopic (exact) mass is 162 g/mol. The second-order valence-corrected chi connectivity index (χ2v) is 3.66. The Morgan fingerprint density at radius 1 is 1.08 bits per heavy atom. The van der Waals surface area contributed by atoms with Crippen molar-refractivity contribution in [2.24, 2.45) is 5.92 Å². The Morgan fingerprint density at radius 3 is 2.42 bits per heavy atom. The first-order valence-electron chi connectivity index (χ1n) is 4.38. The summed E-state index contributed by atoms with van der Waals surface area (Å²) in [6.07, 6.45) is 6.85.